The van der Waals surface area contributed by atoms with Crippen molar-refractivity contribution >= 4 is 23.9 Å². The predicted molar refractivity (Wildman–Crippen MR) is 337 cm³/mol. The second-order valence-corrected chi connectivity index (χ2v) is 32.0. The fourth-order valence-electron chi connectivity index (χ4n) is 10.2. The second-order valence-electron chi connectivity index (χ2n) is 32.0. The lowest BCUT2D eigenvalue weighted by molar-refractivity contribution is -0.170. The molecule has 0 bridgehead atoms. The van der Waals surface area contributed by atoms with Crippen LogP contribution in [0.2, 0.25) is 0 Å². The minimum atomic E-state index is -1.61. The first kappa shape index (κ1) is 70.4. The summed E-state index contributed by atoms with van der Waals surface area (Å²) in [6.07, 6.45) is 0.411. The number of phenols is 4. The number of hydrogen-bond donors (Lipinski definition) is 4. The Kier molecular flexibility index (Phi) is 21.7. The van der Waals surface area contributed by atoms with Crippen molar-refractivity contribution < 1.29 is 58.6 Å². The van der Waals surface area contributed by atoms with Gasteiger partial charge in [-0.15, -0.1) is 0 Å². The van der Waals surface area contributed by atoms with Crippen molar-refractivity contribution in [3.63, 3.8) is 0 Å². The molecule has 0 atom stereocenters. The van der Waals surface area contributed by atoms with E-state index in [0.29, 0.717) is 16.7 Å². The van der Waals surface area contributed by atoms with Gasteiger partial charge in [-0.1, -0.05) is 215 Å². The zero-order valence-corrected chi connectivity index (χ0v) is 56.0. The van der Waals surface area contributed by atoms with E-state index >= 15 is 0 Å². The van der Waals surface area contributed by atoms with E-state index in [1.165, 1.54) is 0 Å². The molecule has 0 fully saturated rings. The highest BCUT2D eigenvalue weighted by molar-refractivity contribution is 5.74. The van der Waals surface area contributed by atoms with E-state index < -0.39 is 99.0 Å². The highest BCUT2D eigenvalue weighted by Crippen LogP contribution is 2.44. The van der Waals surface area contributed by atoms with Crippen LogP contribution in [0.3, 0.4) is 0 Å². The average molecular weight is 1160 g/mol. The Morgan fingerprint density at radius 2 is 0.452 bits per heavy atom. The van der Waals surface area contributed by atoms with E-state index in [-0.39, 0.29) is 67.9 Å². The van der Waals surface area contributed by atoms with Gasteiger partial charge >= 0.3 is 23.9 Å². The Bertz CT molecular complexity index is 2620. The fourth-order valence-corrected chi connectivity index (χ4v) is 10.2. The van der Waals surface area contributed by atoms with E-state index in [0.717, 1.165) is 50.1 Å². The Hall–Kier alpha value is -6.04. The molecule has 4 aromatic rings. The lowest BCUT2D eigenvalue weighted by Crippen LogP contribution is -2.44. The van der Waals surface area contributed by atoms with Gasteiger partial charge in [0.2, 0.25) is 0 Å². The lowest BCUT2D eigenvalue weighted by atomic mass is 9.78. The van der Waals surface area contributed by atoms with Crippen LogP contribution in [0.25, 0.3) is 0 Å². The third-order valence-electron chi connectivity index (χ3n) is 15.5. The van der Waals surface area contributed by atoms with Gasteiger partial charge in [0.25, 0.3) is 0 Å². The summed E-state index contributed by atoms with van der Waals surface area (Å²) in [6.45, 7) is 46.4. The molecular formula is C72H106O12. The van der Waals surface area contributed by atoms with Gasteiger partial charge in [-0.2, -0.15) is 0 Å². The summed E-state index contributed by atoms with van der Waals surface area (Å²) >= 11 is 0. The number of carbonyl (C=O) groups excluding carboxylic acids is 4. The van der Waals surface area contributed by atoms with Crippen LogP contribution >= 0.6 is 0 Å². The molecule has 12 heteroatoms. The molecule has 0 radical (unpaired) electrons. The van der Waals surface area contributed by atoms with E-state index in [4.69, 9.17) is 18.9 Å². The molecule has 0 unspecified atom stereocenters. The summed E-state index contributed by atoms with van der Waals surface area (Å²) in [7, 11) is 0. The number of phenolic OH excluding ortho intramolecular Hbond substituents is 4. The molecule has 0 aliphatic rings. The van der Waals surface area contributed by atoms with Crippen LogP contribution in [-0.2, 0) is 107 Å². The first-order chi connectivity index (χ1) is 37.9. The Labute approximate surface area is 504 Å². The quantitative estimate of drug-likeness (QED) is 0.0515. The zero-order valence-electron chi connectivity index (χ0n) is 56.0. The van der Waals surface area contributed by atoms with Gasteiger partial charge in [0.1, 0.15) is 54.8 Å². The smallest absolute Gasteiger partial charge is 0.310 e. The van der Waals surface area contributed by atoms with Crippen molar-refractivity contribution in [2.45, 2.75) is 254 Å². The van der Waals surface area contributed by atoms with Gasteiger partial charge in [-0.3, -0.25) is 19.2 Å². The first-order valence-corrected chi connectivity index (χ1v) is 30.0. The number of aromatic hydroxyl groups is 4. The SMILES string of the molecule is CC(C)(C)c1cc(CCC(=O)OCC(COC(=O)CCc2cc(C(C)(C)C)c(O)c(C(C)(C)C)c2)(COC(=O)CCc2cc(C(C)(C)C)c(O)c(C(C)(C)C)c2)COC(=O)Cc2cc(C(C)(C)C)c(O)c(C(C)(C)C)c2)cc(C(C)(C)C)c1O. The van der Waals surface area contributed by atoms with Gasteiger partial charge in [-0.25, -0.2) is 0 Å². The number of esters is 4. The summed E-state index contributed by atoms with van der Waals surface area (Å²) in [5, 5.41) is 45.7. The van der Waals surface area contributed by atoms with Crippen molar-refractivity contribution in [3.05, 3.63) is 115 Å². The molecule has 466 valence electrons. The van der Waals surface area contributed by atoms with Gasteiger partial charge in [0.05, 0.1) is 6.42 Å². The number of rotatable bonds is 19. The molecule has 84 heavy (non-hydrogen) atoms. The van der Waals surface area contributed by atoms with Gasteiger partial charge in [-0.05, 0) is 129 Å². The third-order valence-corrected chi connectivity index (χ3v) is 15.5. The van der Waals surface area contributed by atoms with E-state index in [1.54, 1.807) is 12.1 Å². The maximum absolute atomic E-state index is 14.3. The summed E-state index contributed by atoms with van der Waals surface area (Å²) in [4.78, 5) is 56.6. The molecular weight excluding hydrogens is 1060 g/mol. The van der Waals surface area contributed by atoms with Gasteiger partial charge in [0, 0.05) is 19.3 Å². The van der Waals surface area contributed by atoms with Crippen LogP contribution in [0.4, 0.5) is 0 Å². The van der Waals surface area contributed by atoms with Gasteiger partial charge < -0.3 is 39.4 Å². The van der Waals surface area contributed by atoms with Crippen molar-refractivity contribution in [2.24, 2.45) is 5.41 Å². The molecule has 4 aromatic carbocycles. The summed E-state index contributed by atoms with van der Waals surface area (Å²) in [5.41, 5.74) is 4.01. The predicted octanol–water partition coefficient (Wildman–Crippen LogP) is 15.5. The van der Waals surface area contributed by atoms with Crippen LogP contribution in [0.15, 0.2) is 48.5 Å². The highest BCUT2D eigenvalue weighted by atomic mass is 16.6. The molecule has 0 saturated heterocycles. The number of ether oxygens (including phenoxy) is 4. The number of aryl methyl sites for hydroxylation is 3. The molecule has 0 spiro atoms. The molecule has 0 heterocycles. The van der Waals surface area contributed by atoms with Crippen molar-refractivity contribution in [1.82, 2.24) is 0 Å². The summed E-state index contributed by atoms with van der Waals surface area (Å²) < 4.78 is 24.5. The fraction of sp³-hybridized carbons (Fsp3) is 0.611. The molecule has 0 amide bonds. The van der Waals surface area contributed by atoms with Crippen molar-refractivity contribution in [2.75, 3.05) is 26.4 Å². The second kappa shape index (κ2) is 25.9. The highest BCUT2D eigenvalue weighted by Gasteiger charge is 2.39. The Morgan fingerprint density at radius 3 is 0.631 bits per heavy atom. The van der Waals surface area contributed by atoms with Crippen LogP contribution in [0, 0.1) is 5.41 Å². The lowest BCUT2D eigenvalue weighted by Gasteiger charge is -2.32. The van der Waals surface area contributed by atoms with Crippen molar-refractivity contribution in [1.29, 1.82) is 0 Å². The molecule has 0 aliphatic carbocycles. The molecule has 0 aliphatic heterocycles. The topological polar surface area (TPSA) is 186 Å². The summed E-state index contributed by atoms with van der Waals surface area (Å²) in [6, 6.07) is 15.1. The van der Waals surface area contributed by atoms with Crippen molar-refractivity contribution in [3.8, 4) is 23.0 Å². The van der Waals surface area contributed by atoms with E-state index in [1.807, 2.05) is 203 Å². The molecule has 12 nitrogen and oxygen atoms in total. The molecule has 0 saturated carbocycles. The number of benzene rings is 4. The largest absolute Gasteiger partial charge is 0.507 e. The minimum Gasteiger partial charge on any atom is -0.507 e. The van der Waals surface area contributed by atoms with Gasteiger partial charge in [0.15, 0.2) is 0 Å². The van der Waals surface area contributed by atoms with Crippen LogP contribution in [-0.4, -0.2) is 70.7 Å². The molecule has 4 N–H and O–H groups in total. The number of hydrogen-bond acceptors (Lipinski definition) is 12. The monoisotopic (exact) mass is 1160 g/mol. The Balaban J connectivity index is 1.79. The number of carbonyl (C=O) groups is 4. The van der Waals surface area contributed by atoms with E-state index in [9.17, 15) is 39.6 Å². The first-order valence-electron chi connectivity index (χ1n) is 30.0. The zero-order chi connectivity index (χ0) is 64.3. The van der Waals surface area contributed by atoms with E-state index in [2.05, 4.69) is 0 Å². The Morgan fingerprint density at radius 1 is 0.286 bits per heavy atom. The summed E-state index contributed by atoms with van der Waals surface area (Å²) in [5.74, 6) is -1.64. The van der Waals surface area contributed by atoms with Crippen LogP contribution in [0.5, 0.6) is 23.0 Å². The standard InChI is InChI=1S/C72H106O12/c1-64(2,3)48-31-44(32-49(60(48)77)65(4,5)6)25-28-56(73)81-40-72(43-84-59(76)39-47-37-54(70(19,20)21)63(80)55(38-47)71(22,23)24,41-82-57(74)29-26-45-33-50(66(7,8)9)61(78)51(34-45)67(10,11)12)42-83-58(75)30-27-46-35-52(68(13,14)15)62(79)53(36-46)69(16,17)18/h31-38,77-80H,25-30,39-43H2,1-24H3. The van der Waals surface area contributed by atoms with Crippen LogP contribution < -0.4 is 0 Å². The normalized spacial score (nSPS) is 13.2. The average Bonchev–Trinajstić information content (AvgIpc) is 2.55. The third kappa shape index (κ3) is 19.2. The molecule has 4 rings (SSSR count). The maximum Gasteiger partial charge on any atom is 0.310 e. The molecule has 0 aromatic heterocycles. The maximum atomic E-state index is 14.3. The van der Waals surface area contributed by atoms with Crippen LogP contribution in [0.1, 0.15) is 252 Å². The minimum absolute atomic E-state index is 0.0695.